The minimum Gasteiger partial charge on any atom is -0.459 e. The lowest BCUT2D eigenvalue weighted by molar-refractivity contribution is 0.0727. The van der Waals surface area contributed by atoms with Gasteiger partial charge in [-0.25, -0.2) is 0 Å². The number of ether oxygens (including phenoxy) is 1. The Morgan fingerprint density at radius 1 is 1.28 bits per heavy atom. The van der Waals surface area contributed by atoms with Crippen molar-refractivity contribution in [3.8, 4) is 11.7 Å². The van der Waals surface area contributed by atoms with Crippen LogP contribution >= 0.6 is 11.8 Å². The van der Waals surface area contributed by atoms with Crippen molar-refractivity contribution in [1.29, 1.82) is 0 Å². The summed E-state index contributed by atoms with van der Waals surface area (Å²) in [5.74, 6) is 2.74. The lowest BCUT2D eigenvalue weighted by Crippen LogP contribution is -2.17. The molecule has 0 unspecified atom stereocenters. The predicted octanol–water partition coefficient (Wildman–Crippen LogP) is 2.85. The predicted molar refractivity (Wildman–Crippen MR) is 66.3 cm³/mol. The van der Waals surface area contributed by atoms with E-state index in [2.05, 4.69) is 10.2 Å². The van der Waals surface area contributed by atoms with Crippen LogP contribution in [0.4, 0.5) is 0 Å². The van der Waals surface area contributed by atoms with E-state index >= 15 is 0 Å². The molecule has 1 saturated heterocycles. The van der Waals surface area contributed by atoms with Crippen molar-refractivity contribution >= 4 is 11.8 Å². The highest BCUT2D eigenvalue weighted by Gasteiger charge is 2.16. The molecule has 96 valence electrons. The average molecular weight is 266 g/mol. The molecule has 6 heteroatoms. The van der Waals surface area contributed by atoms with Gasteiger partial charge in [0.05, 0.1) is 6.26 Å². The molecule has 3 rings (SSSR count). The van der Waals surface area contributed by atoms with Crippen molar-refractivity contribution in [3.63, 3.8) is 0 Å². The zero-order valence-electron chi connectivity index (χ0n) is 9.87. The van der Waals surface area contributed by atoms with E-state index in [0.29, 0.717) is 22.8 Å². The van der Waals surface area contributed by atoms with Gasteiger partial charge < -0.3 is 13.6 Å². The molecular weight excluding hydrogens is 252 g/mol. The molecule has 0 spiro atoms. The van der Waals surface area contributed by atoms with Crippen molar-refractivity contribution in [2.45, 2.75) is 18.1 Å². The highest BCUT2D eigenvalue weighted by Crippen LogP contribution is 2.27. The largest absolute Gasteiger partial charge is 0.459 e. The lowest BCUT2D eigenvalue weighted by atomic mass is 10.0. The summed E-state index contributed by atoms with van der Waals surface area (Å²) in [6.45, 7) is 1.74. The third kappa shape index (κ3) is 2.76. The quantitative estimate of drug-likeness (QED) is 0.793. The Labute approximate surface area is 109 Å². The summed E-state index contributed by atoms with van der Waals surface area (Å²) in [7, 11) is 0. The van der Waals surface area contributed by atoms with Gasteiger partial charge in [0.15, 0.2) is 5.76 Å². The summed E-state index contributed by atoms with van der Waals surface area (Å²) in [4.78, 5) is 0. The summed E-state index contributed by atoms with van der Waals surface area (Å²) < 4.78 is 16.1. The SMILES string of the molecule is c1coc(-c2nnc(SCC3CCOCC3)o2)c1. The first-order valence-electron chi connectivity index (χ1n) is 6.00. The van der Waals surface area contributed by atoms with Crippen LogP contribution in [0, 0.1) is 5.92 Å². The lowest BCUT2D eigenvalue weighted by Gasteiger charge is -2.20. The van der Waals surface area contributed by atoms with Gasteiger partial charge in [0, 0.05) is 19.0 Å². The smallest absolute Gasteiger partial charge is 0.284 e. The highest BCUT2D eigenvalue weighted by atomic mass is 32.2. The van der Waals surface area contributed by atoms with Gasteiger partial charge in [-0.2, -0.15) is 0 Å². The van der Waals surface area contributed by atoms with Crippen molar-refractivity contribution in [2.75, 3.05) is 19.0 Å². The maximum absolute atomic E-state index is 5.53. The second-order valence-electron chi connectivity index (χ2n) is 4.22. The molecule has 18 heavy (non-hydrogen) atoms. The van der Waals surface area contributed by atoms with Crippen molar-refractivity contribution < 1.29 is 13.6 Å². The topological polar surface area (TPSA) is 61.3 Å². The van der Waals surface area contributed by atoms with Crippen LogP contribution < -0.4 is 0 Å². The van der Waals surface area contributed by atoms with Crippen LogP contribution in [-0.4, -0.2) is 29.2 Å². The number of hydrogen-bond acceptors (Lipinski definition) is 6. The Morgan fingerprint density at radius 3 is 2.94 bits per heavy atom. The van der Waals surface area contributed by atoms with E-state index in [1.807, 2.05) is 0 Å². The fourth-order valence-electron chi connectivity index (χ4n) is 1.87. The van der Waals surface area contributed by atoms with E-state index in [-0.39, 0.29) is 0 Å². The molecular formula is C12H14N2O3S. The molecule has 0 N–H and O–H groups in total. The molecule has 1 fully saturated rings. The van der Waals surface area contributed by atoms with Crippen molar-refractivity contribution in [2.24, 2.45) is 5.92 Å². The van der Waals surface area contributed by atoms with E-state index in [4.69, 9.17) is 13.6 Å². The minimum atomic E-state index is 0.439. The standard InChI is InChI=1S/C12H14N2O3S/c1-2-10(16-5-1)11-13-14-12(17-11)18-8-9-3-6-15-7-4-9/h1-2,5,9H,3-4,6-8H2. The number of hydrogen-bond donors (Lipinski definition) is 0. The molecule has 0 aromatic carbocycles. The number of aromatic nitrogens is 2. The minimum absolute atomic E-state index is 0.439. The van der Waals surface area contributed by atoms with Gasteiger partial charge in [-0.15, -0.1) is 10.2 Å². The summed E-state index contributed by atoms with van der Waals surface area (Å²) in [6.07, 6.45) is 3.83. The van der Waals surface area contributed by atoms with Crippen LogP contribution in [0.3, 0.4) is 0 Å². The summed E-state index contributed by atoms with van der Waals surface area (Å²) in [5, 5.41) is 8.58. The van der Waals surface area contributed by atoms with Gasteiger partial charge >= 0.3 is 0 Å². The first-order chi connectivity index (χ1) is 8.92. The van der Waals surface area contributed by atoms with Gasteiger partial charge in [-0.05, 0) is 30.9 Å². The van der Waals surface area contributed by atoms with Crippen molar-refractivity contribution in [1.82, 2.24) is 10.2 Å². The summed E-state index contributed by atoms with van der Waals surface area (Å²) in [5.41, 5.74) is 0. The van der Waals surface area contributed by atoms with Crippen LogP contribution in [0.15, 0.2) is 32.5 Å². The molecule has 2 aromatic heterocycles. The highest BCUT2D eigenvalue weighted by molar-refractivity contribution is 7.99. The third-order valence-electron chi connectivity index (χ3n) is 2.92. The number of rotatable bonds is 4. The number of nitrogens with zero attached hydrogens (tertiary/aromatic N) is 2. The molecule has 3 heterocycles. The second-order valence-corrected chi connectivity index (χ2v) is 5.19. The van der Waals surface area contributed by atoms with Crippen LogP contribution in [0.2, 0.25) is 0 Å². The van der Waals surface area contributed by atoms with Gasteiger partial charge in [-0.3, -0.25) is 0 Å². The van der Waals surface area contributed by atoms with Gasteiger partial charge in [0.2, 0.25) is 0 Å². The molecule has 0 saturated carbocycles. The van der Waals surface area contributed by atoms with Crippen molar-refractivity contribution in [3.05, 3.63) is 18.4 Å². The molecule has 2 aromatic rings. The maximum Gasteiger partial charge on any atom is 0.284 e. The van der Waals surface area contributed by atoms with Crippen LogP contribution in [0.1, 0.15) is 12.8 Å². The molecule has 0 atom stereocenters. The zero-order chi connectivity index (χ0) is 12.2. The zero-order valence-corrected chi connectivity index (χ0v) is 10.7. The average Bonchev–Trinajstić information content (AvgIpc) is 3.08. The number of thioether (sulfide) groups is 1. The van der Waals surface area contributed by atoms with E-state index in [0.717, 1.165) is 31.8 Å². The monoisotopic (exact) mass is 266 g/mol. The fraction of sp³-hybridized carbons (Fsp3) is 0.500. The Balaban J connectivity index is 1.57. The Kier molecular flexibility index (Phi) is 3.66. The van der Waals surface area contributed by atoms with Crippen LogP contribution in [0.25, 0.3) is 11.7 Å². The van der Waals surface area contributed by atoms with Gasteiger partial charge in [-0.1, -0.05) is 11.8 Å². The fourth-order valence-corrected chi connectivity index (χ4v) is 2.82. The van der Waals surface area contributed by atoms with Gasteiger partial charge in [0.1, 0.15) is 0 Å². The number of furan rings is 1. The van der Waals surface area contributed by atoms with Crippen LogP contribution in [0.5, 0.6) is 0 Å². The summed E-state index contributed by atoms with van der Waals surface area (Å²) in [6, 6.07) is 3.61. The molecule has 0 aliphatic carbocycles. The third-order valence-corrected chi connectivity index (χ3v) is 3.97. The first-order valence-corrected chi connectivity index (χ1v) is 6.98. The van der Waals surface area contributed by atoms with Crippen LogP contribution in [-0.2, 0) is 4.74 Å². The van der Waals surface area contributed by atoms with Gasteiger partial charge in [0.25, 0.3) is 11.1 Å². The first kappa shape index (κ1) is 11.8. The Morgan fingerprint density at radius 2 is 2.17 bits per heavy atom. The Bertz CT molecular complexity index is 477. The molecule has 1 aliphatic heterocycles. The molecule has 0 amide bonds. The van der Waals surface area contributed by atoms with E-state index < -0.39 is 0 Å². The second kappa shape index (κ2) is 5.58. The molecule has 0 radical (unpaired) electrons. The normalized spacial score (nSPS) is 17.1. The van der Waals surface area contributed by atoms with E-state index in [9.17, 15) is 0 Å². The molecule has 0 bridgehead atoms. The van der Waals surface area contributed by atoms with E-state index in [1.54, 1.807) is 30.2 Å². The Hall–Kier alpha value is -1.27. The van der Waals surface area contributed by atoms with E-state index in [1.165, 1.54) is 0 Å². The molecule has 5 nitrogen and oxygen atoms in total. The maximum atomic E-state index is 5.53. The molecule has 1 aliphatic rings. The summed E-state index contributed by atoms with van der Waals surface area (Å²) >= 11 is 1.61.